The van der Waals surface area contributed by atoms with Gasteiger partial charge in [-0.05, 0) is 30.5 Å². The Morgan fingerprint density at radius 2 is 2.00 bits per heavy atom. The highest BCUT2D eigenvalue weighted by molar-refractivity contribution is 5.45. The monoisotopic (exact) mass is 296 g/mol. The molecule has 4 nitrogen and oxygen atoms in total. The fraction of sp³-hybridized carbons (Fsp3) is 0.533. The van der Waals surface area contributed by atoms with E-state index in [4.69, 9.17) is 4.74 Å². The van der Waals surface area contributed by atoms with Crippen LogP contribution in [-0.4, -0.2) is 19.8 Å². The zero-order valence-corrected chi connectivity index (χ0v) is 11.8. The predicted molar refractivity (Wildman–Crippen MR) is 73.4 cm³/mol. The normalized spacial score (nSPS) is 16.7. The summed E-state index contributed by atoms with van der Waals surface area (Å²) in [5, 5.41) is 12.6. The van der Waals surface area contributed by atoms with Gasteiger partial charge in [0.05, 0.1) is 13.2 Å². The van der Waals surface area contributed by atoms with E-state index in [0.717, 1.165) is 25.7 Å². The highest BCUT2D eigenvalue weighted by Gasteiger charge is 2.21. The van der Waals surface area contributed by atoms with Gasteiger partial charge in [-0.15, -0.1) is 0 Å². The Morgan fingerprint density at radius 1 is 1.29 bits per heavy atom. The number of ether oxygens (including phenoxy) is 2. The molecule has 0 aliphatic heterocycles. The number of nitrogens with one attached hydrogen (secondary N) is 1. The van der Waals surface area contributed by atoms with Crippen LogP contribution in [0.5, 0.6) is 11.5 Å². The molecule has 0 heterocycles. The molecule has 2 rings (SSSR count). The lowest BCUT2D eigenvalue weighted by Gasteiger charge is -2.19. The number of rotatable bonds is 6. The first-order valence-electron chi connectivity index (χ1n) is 6.92. The quantitative estimate of drug-likeness (QED) is 0.874. The standard InChI is InChI=1S/C15H18F2N2O2/c1-20-13-7-6-10(8-14(13)21-15(16)17)12(9-18)19-11-4-2-3-5-11/h6-8,11-12,15,19H,2-5H2,1H3. The molecular formula is C15H18F2N2O2. The van der Waals surface area contributed by atoms with Crippen LogP contribution in [0.25, 0.3) is 0 Å². The van der Waals surface area contributed by atoms with Crippen LogP contribution in [0, 0.1) is 11.3 Å². The summed E-state index contributed by atoms with van der Waals surface area (Å²) in [6, 6.07) is 6.58. The van der Waals surface area contributed by atoms with Crippen LogP contribution >= 0.6 is 0 Å². The van der Waals surface area contributed by atoms with Crippen molar-refractivity contribution >= 4 is 0 Å². The number of halogens is 2. The lowest BCUT2D eigenvalue weighted by Crippen LogP contribution is -2.29. The third-order valence-corrected chi connectivity index (χ3v) is 3.62. The number of hydrogen-bond acceptors (Lipinski definition) is 4. The van der Waals surface area contributed by atoms with Crippen LogP contribution in [0.15, 0.2) is 18.2 Å². The molecule has 1 N–H and O–H groups in total. The van der Waals surface area contributed by atoms with Crippen molar-refractivity contribution < 1.29 is 18.3 Å². The number of hydrogen-bond donors (Lipinski definition) is 1. The maximum absolute atomic E-state index is 12.4. The van der Waals surface area contributed by atoms with Gasteiger partial charge in [-0.25, -0.2) is 0 Å². The summed E-state index contributed by atoms with van der Waals surface area (Å²) in [5.41, 5.74) is 0.598. The Morgan fingerprint density at radius 3 is 2.57 bits per heavy atom. The van der Waals surface area contributed by atoms with Crippen LogP contribution in [0.4, 0.5) is 8.78 Å². The van der Waals surface area contributed by atoms with Gasteiger partial charge >= 0.3 is 6.61 Å². The molecule has 1 aliphatic carbocycles. The van der Waals surface area contributed by atoms with E-state index in [0.29, 0.717) is 11.6 Å². The van der Waals surface area contributed by atoms with Crippen molar-refractivity contribution in [1.82, 2.24) is 5.32 Å². The lowest BCUT2D eigenvalue weighted by molar-refractivity contribution is -0.0512. The molecule has 0 radical (unpaired) electrons. The van der Waals surface area contributed by atoms with E-state index < -0.39 is 12.7 Å². The molecule has 1 saturated carbocycles. The fourth-order valence-corrected chi connectivity index (χ4v) is 2.60. The van der Waals surface area contributed by atoms with Crippen molar-refractivity contribution in [2.45, 2.75) is 44.4 Å². The molecule has 1 fully saturated rings. The minimum atomic E-state index is -2.93. The van der Waals surface area contributed by atoms with Crippen LogP contribution in [-0.2, 0) is 0 Å². The molecule has 1 aromatic rings. The summed E-state index contributed by atoms with van der Waals surface area (Å²) in [6.45, 7) is -2.93. The lowest BCUT2D eigenvalue weighted by atomic mass is 10.1. The molecule has 0 saturated heterocycles. The van der Waals surface area contributed by atoms with E-state index in [2.05, 4.69) is 16.1 Å². The average molecular weight is 296 g/mol. The third-order valence-electron chi connectivity index (χ3n) is 3.62. The molecule has 0 spiro atoms. The zero-order chi connectivity index (χ0) is 15.2. The molecule has 0 aromatic heterocycles. The first-order chi connectivity index (χ1) is 10.1. The van der Waals surface area contributed by atoms with Crippen molar-refractivity contribution in [3.8, 4) is 17.6 Å². The van der Waals surface area contributed by atoms with Crippen molar-refractivity contribution in [1.29, 1.82) is 5.26 Å². The second-order valence-electron chi connectivity index (χ2n) is 5.00. The molecule has 1 atom stereocenters. The molecular weight excluding hydrogens is 278 g/mol. The van der Waals surface area contributed by atoms with Crippen molar-refractivity contribution in [3.05, 3.63) is 23.8 Å². The Labute approximate surface area is 122 Å². The summed E-state index contributed by atoms with van der Waals surface area (Å²) in [5.74, 6) is 0.162. The van der Waals surface area contributed by atoms with Crippen molar-refractivity contribution in [2.75, 3.05) is 7.11 Å². The van der Waals surface area contributed by atoms with Crippen LogP contribution in [0.2, 0.25) is 0 Å². The Hall–Kier alpha value is -1.87. The summed E-state index contributed by atoms with van der Waals surface area (Å²) < 4.78 is 34.3. The average Bonchev–Trinajstić information content (AvgIpc) is 2.97. The van der Waals surface area contributed by atoms with Crippen molar-refractivity contribution in [3.63, 3.8) is 0 Å². The molecule has 1 aromatic carbocycles. The van der Waals surface area contributed by atoms with Gasteiger partial charge in [-0.1, -0.05) is 18.9 Å². The maximum Gasteiger partial charge on any atom is 0.387 e. The number of alkyl halides is 2. The fourth-order valence-electron chi connectivity index (χ4n) is 2.60. The molecule has 0 amide bonds. The largest absolute Gasteiger partial charge is 0.493 e. The Balaban J connectivity index is 2.18. The highest BCUT2D eigenvalue weighted by Crippen LogP contribution is 2.32. The number of nitriles is 1. The van der Waals surface area contributed by atoms with Crippen LogP contribution in [0.1, 0.15) is 37.3 Å². The van der Waals surface area contributed by atoms with Crippen LogP contribution in [0.3, 0.4) is 0 Å². The zero-order valence-electron chi connectivity index (χ0n) is 11.8. The van der Waals surface area contributed by atoms with Crippen molar-refractivity contribution in [2.24, 2.45) is 0 Å². The number of benzene rings is 1. The molecule has 21 heavy (non-hydrogen) atoms. The predicted octanol–water partition coefficient (Wildman–Crippen LogP) is 3.39. The molecule has 114 valence electrons. The number of nitrogens with zero attached hydrogens (tertiary/aromatic N) is 1. The molecule has 1 aliphatic rings. The summed E-state index contributed by atoms with van der Waals surface area (Å²) in [4.78, 5) is 0. The van der Waals surface area contributed by atoms with E-state index in [1.54, 1.807) is 6.07 Å². The summed E-state index contributed by atoms with van der Waals surface area (Å²) in [6.07, 6.45) is 4.37. The molecule has 6 heteroatoms. The van der Waals surface area contributed by atoms with Gasteiger partial charge in [0.15, 0.2) is 11.5 Å². The van der Waals surface area contributed by atoms with E-state index in [9.17, 15) is 14.0 Å². The van der Waals surface area contributed by atoms with Gasteiger partial charge in [0, 0.05) is 6.04 Å². The number of methoxy groups -OCH3 is 1. The second-order valence-corrected chi connectivity index (χ2v) is 5.00. The van der Waals surface area contributed by atoms with E-state index in [1.807, 2.05) is 0 Å². The van der Waals surface area contributed by atoms with Gasteiger partial charge in [-0.3, -0.25) is 5.32 Å². The third kappa shape index (κ3) is 4.05. The van der Waals surface area contributed by atoms with Crippen LogP contribution < -0.4 is 14.8 Å². The topological polar surface area (TPSA) is 54.3 Å². The van der Waals surface area contributed by atoms with Gasteiger partial charge in [0.2, 0.25) is 0 Å². The van der Waals surface area contributed by atoms with Gasteiger partial charge in [0.1, 0.15) is 6.04 Å². The first-order valence-corrected chi connectivity index (χ1v) is 6.92. The van der Waals surface area contributed by atoms with Gasteiger partial charge < -0.3 is 9.47 Å². The molecule has 0 bridgehead atoms. The maximum atomic E-state index is 12.4. The summed E-state index contributed by atoms with van der Waals surface area (Å²) >= 11 is 0. The van der Waals surface area contributed by atoms with E-state index in [1.165, 1.54) is 19.2 Å². The first kappa shape index (κ1) is 15.5. The van der Waals surface area contributed by atoms with Gasteiger partial charge in [0.25, 0.3) is 0 Å². The highest BCUT2D eigenvalue weighted by atomic mass is 19.3. The SMILES string of the molecule is COc1ccc(C(C#N)NC2CCCC2)cc1OC(F)F. The van der Waals surface area contributed by atoms with E-state index in [-0.39, 0.29) is 11.5 Å². The Bertz CT molecular complexity index is 511. The smallest absolute Gasteiger partial charge is 0.387 e. The van der Waals surface area contributed by atoms with E-state index >= 15 is 0 Å². The summed E-state index contributed by atoms with van der Waals surface area (Å²) in [7, 11) is 1.38. The molecule has 1 unspecified atom stereocenters. The van der Waals surface area contributed by atoms with Gasteiger partial charge in [-0.2, -0.15) is 14.0 Å². The second kappa shape index (κ2) is 7.23. The Kier molecular flexibility index (Phi) is 5.34. The minimum absolute atomic E-state index is 0.0570. The minimum Gasteiger partial charge on any atom is -0.493 e.